The van der Waals surface area contributed by atoms with Crippen molar-refractivity contribution in [2.24, 2.45) is 11.5 Å². The molecule has 0 unspecified atom stereocenters. The third kappa shape index (κ3) is 9.05. The van der Waals surface area contributed by atoms with Crippen LogP contribution in [0.2, 0.25) is 0 Å². The highest BCUT2D eigenvalue weighted by Crippen LogP contribution is 2.14. The van der Waals surface area contributed by atoms with E-state index in [2.05, 4.69) is 5.32 Å². The second-order valence-corrected chi connectivity index (χ2v) is 6.86. The monoisotopic (exact) mass is 323 g/mol. The van der Waals surface area contributed by atoms with Gasteiger partial charge in [-0.2, -0.15) is 0 Å². The van der Waals surface area contributed by atoms with Gasteiger partial charge < -0.3 is 26.6 Å². The van der Waals surface area contributed by atoms with Crippen LogP contribution in [-0.4, -0.2) is 28.9 Å². The van der Waals surface area contributed by atoms with E-state index in [1.54, 1.807) is 24.3 Å². The van der Waals surface area contributed by atoms with E-state index < -0.39 is 11.7 Å². The summed E-state index contributed by atoms with van der Waals surface area (Å²) >= 11 is 0. The first-order chi connectivity index (χ1) is 10.7. The highest BCUT2D eigenvalue weighted by Gasteiger charge is 2.17. The lowest BCUT2D eigenvalue weighted by molar-refractivity contribution is 0.0523. The first-order valence-electron chi connectivity index (χ1n) is 7.91. The lowest BCUT2D eigenvalue weighted by atomic mass is 10.2. The van der Waals surface area contributed by atoms with E-state index in [0.717, 1.165) is 24.8 Å². The lowest BCUT2D eigenvalue weighted by Crippen LogP contribution is -2.32. The molecule has 23 heavy (non-hydrogen) atoms. The number of carbonyl (C=O) groups excluding carboxylic acids is 1. The van der Waals surface area contributed by atoms with E-state index in [1.165, 1.54) is 0 Å². The van der Waals surface area contributed by atoms with Gasteiger partial charge in [-0.3, -0.25) is 0 Å². The number of phenolic OH excluding ortho intramolecular Hbond substituents is 1. The molecule has 0 bridgehead atoms. The second-order valence-electron chi connectivity index (χ2n) is 6.86. The molecule has 6 nitrogen and oxygen atoms in total. The minimum atomic E-state index is -0.487. The summed E-state index contributed by atoms with van der Waals surface area (Å²) < 4.78 is 5.08. The van der Waals surface area contributed by atoms with Gasteiger partial charge in [0.25, 0.3) is 0 Å². The van der Waals surface area contributed by atoms with Crippen LogP contribution < -0.4 is 16.8 Å². The van der Waals surface area contributed by atoms with Crippen LogP contribution in [0, 0.1) is 0 Å². The van der Waals surface area contributed by atoms with Crippen LogP contribution in [0.15, 0.2) is 24.3 Å². The van der Waals surface area contributed by atoms with Gasteiger partial charge in [-0.25, -0.2) is 4.79 Å². The molecule has 1 saturated carbocycles. The number of nitrogens with two attached hydrogens (primary N) is 2. The van der Waals surface area contributed by atoms with Gasteiger partial charge in [-0.15, -0.1) is 0 Å². The molecule has 1 aromatic rings. The summed E-state index contributed by atoms with van der Waals surface area (Å²) in [4.78, 5) is 11.3. The fourth-order valence-corrected chi connectivity index (χ4v) is 2.15. The number of alkyl carbamates (subject to hydrolysis) is 1. The number of hydrogen-bond donors (Lipinski definition) is 4. The normalized spacial score (nSPS) is 20.4. The van der Waals surface area contributed by atoms with E-state index in [1.807, 2.05) is 20.8 Å². The largest absolute Gasteiger partial charge is 0.508 e. The van der Waals surface area contributed by atoms with Gasteiger partial charge in [0.15, 0.2) is 0 Å². The zero-order valence-electron chi connectivity index (χ0n) is 14.2. The summed E-state index contributed by atoms with van der Waals surface area (Å²) in [5.41, 5.74) is 11.5. The zero-order chi connectivity index (χ0) is 17.5. The second kappa shape index (κ2) is 8.74. The Bertz CT molecular complexity index is 475. The standard InChI is InChI=1S/C12H17NO3.C5H12N2/c1-12(2,3)16-11(15)13-8-9-4-6-10(14)7-5-9;6-4-1-2-5(7)3-4/h4-7,14H,8H2,1-3H3,(H,13,15);4-5H,1-3,6-7H2/t;4-,5+. The maximum absolute atomic E-state index is 11.3. The number of ether oxygens (including phenoxy) is 1. The van der Waals surface area contributed by atoms with Gasteiger partial charge in [0.05, 0.1) is 0 Å². The summed E-state index contributed by atoms with van der Waals surface area (Å²) in [6.07, 6.45) is 2.84. The van der Waals surface area contributed by atoms with Gasteiger partial charge in [-0.05, 0) is 57.7 Å². The summed E-state index contributed by atoms with van der Waals surface area (Å²) in [6.45, 7) is 5.82. The molecular weight excluding hydrogens is 294 g/mol. The summed E-state index contributed by atoms with van der Waals surface area (Å²) in [6, 6.07) is 7.43. The Hall–Kier alpha value is -1.79. The van der Waals surface area contributed by atoms with Gasteiger partial charge in [-0.1, -0.05) is 12.1 Å². The topological polar surface area (TPSA) is 111 Å². The summed E-state index contributed by atoms with van der Waals surface area (Å²) in [5, 5.41) is 11.7. The maximum atomic E-state index is 11.3. The summed E-state index contributed by atoms with van der Waals surface area (Å²) in [7, 11) is 0. The molecule has 0 aliphatic heterocycles. The Balaban J connectivity index is 0.000000313. The van der Waals surface area contributed by atoms with E-state index in [-0.39, 0.29) is 5.75 Å². The molecule has 1 amide bonds. The van der Waals surface area contributed by atoms with Crippen molar-refractivity contribution < 1.29 is 14.6 Å². The van der Waals surface area contributed by atoms with Crippen molar-refractivity contribution in [3.8, 4) is 5.75 Å². The number of benzene rings is 1. The van der Waals surface area contributed by atoms with Crippen LogP contribution in [0.1, 0.15) is 45.6 Å². The van der Waals surface area contributed by atoms with Gasteiger partial charge in [0.1, 0.15) is 11.4 Å². The van der Waals surface area contributed by atoms with Crippen molar-refractivity contribution in [1.29, 1.82) is 0 Å². The van der Waals surface area contributed by atoms with Crippen molar-refractivity contribution >= 4 is 6.09 Å². The smallest absolute Gasteiger partial charge is 0.407 e. The maximum Gasteiger partial charge on any atom is 0.407 e. The number of hydrogen-bond acceptors (Lipinski definition) is 5. The Kier molecular flexibility index (Phi) is 7.32. The molecule has 2 atom stereocenters. The molecule has 0 saturated heterocycles. The first kappa shape index (κ1) is 19.3. The number of rotatable bonds is 2. The molecular formula is C17H29N3O3. The minimum Gasteiger partial charge on any atom is -0.508 e. The van der Waals surface area contributed by atoms with Crippen LogP contribution in [0.25, 0.3) is 0 Å². The fraction of sp³-hybridized carbons (Fsp3) is 0.588. The van der Waals surface area contributed by atoms with Crippen molar-refractivity contribution in [2.75, 3.05) is 0 Å². The van der Waals surface area contributed by atoms with Crippen LogP contribution in [-0.2, 0) is 11.3 Å². The molecule has 1 aromatic carbocycles. The Morgan fingerprint density at radius 3 is 2.13 bits per heavy atom. The third-order valence-electron chi connectivity index (χ3n) is 3.29. The Labute approximate surface area is 138 Å². The van der Waals surface area contributed by atoms with Crippen molar-refractivity contribution in [1.82, 2.24) is 5.32 Å². The average molecular weight is 323 g/mol. The molecule has 0 spiro atoms. The minimum absolute atomic E-state index is 0.209. The lowest BCUT2D eigenvalue weighted by Gasteiger charge is -2.19. The van der Waals surface area contributed by atoms with Crippen molar-refractivity contribution in [2.45, 2.75) is 64.3 Å². The van der Waals surface area contributed by atoms with E-state index in [0.29, 0.717) is 18.6 Å². The highest BCUT2D eigenvalue weighted by molar-refractivity contribution is 5.67. The predicted molar refractivity (Wildman–Crippen MR) is 91.0 cm³/mol. The van der Waals surface area contributed by atoms with Crippen molar-refractivity contribution in [3.63, 3.8) is 0 Å². The fourth-order valence-electron chi connectivity index (χ4n) is 2.15. The third-order valence-corrected chi connectivity index (χ3v) is 3.29. The number of aromatic hydroxyl groups is 1. The molecule has 0 aromatic heterocycles. The molecule has 0 radical (unpaired) electrons. The molecule has 2 rings (SSSR count). The molecule has 1 aliphatic rings. The average Bonchev–Trinajstić information content (AvgIpc) is 2.80. The Morgan fingerprint density at radius 1 is 1.22 bits per heavy atom. The first-order valence-corrected chi connectivity index (χ1v) is 7.91. The molecule has 1 fully saturated rings. The zero-order valence-corrected chi connectivity index (χ0v) is 14.2. The van der Waals surface area contributed by atoms with E-state index in [4.69, 9.17) is 21.3 Å². The van der Waals surface area contributed by atoms with Crippen LogP contribution in [0.4, 0.5) is 4.79 Å². The molecule has 130 valence electrons. The van der Waals surface area contributed by atoms with Crippen LogP contribution >= 0.6 is 0 Å². The quantitative estimate of drug-likeness (QED) is 0.667. The van der Waals surface area contributed by atoms with Crippen LogP contribution in [0.3, 0.4) is 0 Å². The number of phenols is 1. The molecule has 1 aliphatic carbocycles. The Morgan fingerprint density at radius 2 is 1.74 bits per heavy atom. The molecule has 6 N–H and O–H groups in total. The summed E-state index contributed by atoms with van der Waals surface area (Å²) in [5.74, 6) is 0.209. The van der Waals surface area contributed by atoms with Gasteiger partial charge in [0, 0.05) is 18.6 Å². The van der Waals surface area contributed by atoms with Crippen LogP contribution in [0.5, 0.6) is 5.75 Å². The predicted octanol–water partition coefficient (Wildman–Crippen LogP) is 2.24. The number of nitrogens with one attached hydrogen (secondary N) is 1. The van der Waals surface area contributed by atoms with Gasteiger partial charge >= 0.3 is 6.09 Å². The molecule has 0 heterocycles. The number of amides is 1. The molecule has 6 heteroatoms. The SMILES string of the molecule is CC(C)(C)OC(=O)NCc1ccc(O)cc1.N[C@@H]1CC[C@H](N)C1. The van der Waals surface area contributed by atoms with E-state index >= 15 is 0 Å². The van der Waals surface area contributed by atoms with E-state index in [9.17, 15) is 4.79 Å². The van der Waals surface area contributed by atoms with Crippen molar-refractivity contribution in [3.05, 3.63) is 29.8 Å². The van der Waals surface area contributed by atoms with Gasteiger partial charge in [0.2, 0.25) is 0 Å². The highest BCUT2D eigenvalue weighted by atomic mass is 16.6. The number of carbonyl (C=O) groups is 1.